The van der Waals surface area contributed by atoms with E-state index in [4.69, 9.17) is 4.74 Å². The van der Waals surface area contributed by atoms with E-state index in [0.29, 0.717) is 23.0 Å². The van der Waals surface area contributed by atoms with Gasteiger partial charge in [0, 0.05) is 17.6 Å². The smallest absolute Gasteiger partial charge is 0.359 e. The molecule has 0 aliphatic rings. The molecule has 28 heavy (non-hydrogen) atoms. The predicted molar refractivity (Wildman–Crippen MR) is 107 cm³/mol. The molecule has 7 nitrogen and oxygen atoms in total. The lowest BCUT2D eigenvalue weighted by molar-refractivity contribution is -0.119. The van der Waals surface area contributed by atoms with Crippen LogP contribution < -0.4 is 10.9 Å². The minimum atomic E-state index is -0.755. The van der Waals surface area contributed by atoms with Gasteiger partial charge in [-0.05, 0) is 44.0 Å². The number of anilines is 1. The van der Waals surface area contributed by atoms with Crippen LogP contribution in [-0.2, 0) is 16.1 Å². The average Bonchev–Trinajstić information content (AvgIpc) is 2.69. The Morgan fingerprint density at radius 1 is 1.11 bits per heavy atom. The Morgan fingerprint density at radius 2 is 1.82 bits per heavy atom. The van der Waals surface area contributed by atoms with Gasteiger partial charge < -0.3 is 10.1 Å². The largest absolute Gasteiger partial charge is 0.451 e. The van der Waals surface area contributed by atoms with Crippen LogP contribution in [0.25, 0.3) is 10.8 Å². The zero-order valence-electron chi connectivity index (χ0n) is 16.0. The van der Waals surface area contributed by atoms with Crippen LogP contribution in [0.15, 0.2) is 47.3 Å². The van der Waals surface area contributed by atoms with E-state index in [0.717, 1.165) is 11.1 Å². The van der Waals surface area contributed by atoms with Gasteiger partial charge in [-0.1, -0.05) is 30.3 Å². The third-order valence-electron chi connectivity index (χ3n) is 4.36. The summed E-state index contributed by atoms with van der Waals surface area (Å²) >= 11 is 0. The first-order chi connectivity index (χ1) is 13.4. The maximum Gasteiger partial charge on any atom is 0.359 e. The molecule has 1 aromatic heterocycles. The Balaban J connectivity index is 1.78. The summed E-state index contributed by atoms with van der Waals surface area (Å²) in [6.07, 6.45) is 0. The van der Waals surface area contributed by atoms with Crippen molar-refractivity contribution in [3.05, 3.63) is 69.6 Å². The van der Waals surface area contributed by atoms with Crippen molar-refractivity contribution < 1.29 is 14.3 Å². The zero-order chi connectivity index (χ0) is 20.3. The van der Waals surface area contributed by atoms with Crippen molar-refractivity contribution in [2.45, 2.75) is 27.3 Å². The van der Waals surface area contributed by atoms with E-state index in [1.165, 1.54) is 4.68 Å². The molecule has 1 N–H and O–H groups in total. The molecule has 7 heteroatoms. The number of ether oxygens (including phenoxy) is 1. The minimum absolute atomic E-state index is 0.0107. The molecule has 2 aromatic carbocycles. The fourth-order valence-corrected chi connectivity index (χ4v) is 2.86. The van der Waals surface area contributed by atoms with E-state index in [1.54, 1.807) is 31.2 Å². The molecule has 0 unspecified atom stereocenters. The average molecular weight is 379 g/mol. The number of hydrogen-bond donors (Lipinski definition) is 1. The highest BCUT2D eigenvalue weighted by atomic mass is 16.5. The number of rotatable bonds is 5. The fraction of sp³-hybridized carbons (Fsp3) is 0.238. The summed E-state index contributed by atoms with van der Waals surface area (Å²) in [7, 11) is 0. The van der Waals surface area contributed by atoms with Crippen molar-refractivity contribution in [2.24, 2.45) is 0 Å². The SMILES string of the molecule is CCn1nc(C(=O)OCC(=O)Nc2cc(C)ccc2C)c2ccccc2c1=O. The first-order valence-electron chi connectivity index (χ1n) is 8.94. The molecule has 144 valence electrons. The maximum atomic E-state index is 12.5. The molecule has 0 aliphatic heterocycles. The topological polar surface area (TPSA) is 90.3 Å². The van der Waals surface area contributed by atoms with Gasteiger partial charge in [0.05, 0.1) is 5.39 Å². The third-order valence-corrected chi connectivity index (χ3v) is 4.36. The van der Waals surface area contributed by atoms with Gasteiger partial charge in [0.15, 0.2) is 12.3 Å². The Hall–Kier alpha value is -3.48. The van der Waals surface area contributed by atoms with Crippen LogP contribution in [0.2, 0.25) is 0 Å². The van der Waals surface area contributed by atoms with E-state index < -0.39 is 18.5 Å². The van der Waals surface area contributed by atoms with Gasteiger partial charge in [-0.25, -0.2) is 9.48 Å². The number of aryl methyl sites for hydroxylation is 3. The Labute approximate surface area is 161 Å². The van der Waals surface area contributed by atoms with E-state index in [9.17, 15) is 14.4 Å². The number of esters is 1. The zero-order valence-corrected chi connectivity index (χ0v) is 16.0. The van der Waals surface area contributed by atoms with E-state index >= 15 is 0 Å². The molecule has 0 aliphatic carbocycles. The molecule has 0 bridgehead atoms. The number of hydrogen-bond acceptors (Lipinski definition) is 5. The Morgan fingerprint density at radius 3 is 2.54 bits per heavy atom. The molecule has 3 rings (SSSR count). The molecule has 0 radical (unpaired) electrons. The maximum absolute atomic E-state index is 12.5. The highest BCUT2D eigenvalue weighted by Gasteiger charge is 2.18. The lowest BCUT2D eigenvalue weighted by atomic mass is 10.1. The number of nitrogens with zero attached hydrogens (tertiary/aromatic N) is 2. The lowest BCUT2D eigenvalue weighted by Crippen LogP contribution is -2.27. The van der Waals surface area contributed by atoms with Crippen molar-refractivity contribution in [1.29, 1.82) is 0 Å². The van der Waals surface area contributed by atoms with Crippen LogP contribution in [0.1, 0.15) is 28.5 Å². The second-order valence-electron chi connectivity index (χ2n) is 6.46. The predicted octanol–water partition coefficient (Wildman–Crippen LogP) is 2.83. The number of aromatic nitrogens is 2. The van der Waals surface area contributed by atoms with Gasteiger partial charge in [-0.2, -0.15) is 5.10 Å². The van der Waals surface area contributed by atoms with Gasteiger partial charge in [0.2, 0.25) is 0 Å². The van der Waals surface area contributed by atoms with Gasteiger partial charge in [-0.15, -0.1) is 0 Å². The van der Waals surface area contributed by atoms with Crippen molar-refractivity contribution in [2.75, 3.05) is 11.9 Å². The molecule has 0 fully saturated rings. The summed E-state index contributed by atoms with van der Waals surface area (Å²) in [5, 5.41) is 7.62. The first-order valence-corrected chi connectivity index (χ1v) is 8.94. The molecule has 0 saturated carbocycles. The van der Waals surface area contributed by atoms with Crippen molar-refractivity contribution in [1.82, 2.24) is 9.78 Å². The summed E-state index contributed by atoms with van der Waals surface area (Å²) in [5.41, 5.74) is 2.33. The lowest BCUT2D eigenvalue weighted by Gasteiger charge is -2.11. The number of benzene rings is 2. The summed E-state index contributed by atoms with van der Waals surface area (Å²) in [6, 6.07) is 12.4. The second-order valence-corrected chi connectivity index (χ2v) is 6.46. The Kier molecular flexibility index (Phi) is 5.54. The first kappa shape index (κ1) is 19.3. The number of amides is 1. The van der Waals surface area contributed by atoms with Gasteiger partial charge in [-0.3, -0.25) is 9.59 Å². The van der Waals surface area contributed by atoms with Crippen molar-refractivity contribution in [3.63, 3.8) is 0 Å². The van der Waals surface area contributed by atoms with Crippen LogP contribution in [0.3, 0.4) is 0 Å². The highest BCUT2D eigenvalue weighted by Crippen LogP contribution is 2.17. The summed E-state index contributed by atoms with van der Waals surface area (Å²) in [5.74, 6) is -1.20. The minimum Gasteiger partial charge on any atom is -0.451 e. The Bertz CT molecular complexity index is 1120. The number of fused-ring (bicyclic) bond motifs is 1. The number of carbonyl (C=O) groups excluding carboxylic acids is 2. The highest BCUT2D eigenvalue weighted by molar-refractivity contribution is 6.03. The van der Waals surface area contributed by atoms with Crippen LogP contribution in [0.4, 0.5) is 5.69 Å². The van der Waals surface area contributed by atoms with Gasteiger partial charge in [0.25, 0.3) is 11.5 Å². The molecule has 0 saturated heterocycles. The van der Waals surface area contributed by atoms with Crippen molar-refractivity contribution in [3.8, 4) is 0 Å². The summed E-state index contributed by atoms with van der Waals surface area (Å²) in [4.78, 5) is 37.1. The number of carbonyl (C=O) groups is 2. The van der Waals surface area contributed by atoms with Crippen LogP contribution in [0.5, 0.6) is 0 Å². The van der Waals surface area contributed by atoms with E-state index in [-0.39, 0.29) is 11.3 Å². The van der Waals surface area contributed by atoms with E-state index in [2.05, 4.69) is 10.4 Å². The molecule has 1 amide bonds. The van der Waals surface area contributed by atoms with Crippen LogP contribution >= 0.6 is 0 Å². The fourth-order valence-electron chi connectivity index (χ4n) is 2.86. The normalized spacial score (nSPS) is 10.7. The molecule has 3 aromatic rings. The standard InChI is InChI=1S/C21H21N3O4/c1-4-24-20(26)16-8-6-5-7-15(16)19(23-24)21(27)28-12-18(25)22-17-11-13(2)9-10-14(17)3/h5-11H,4,12H2,1-3H3,(H,22,25). The van der Waals surface area contributed by atoms with E-state index in [1.807, 2.05) is 32.0 Å². The summed E-state index contributed by atoms with van der Waals surface area (Å²) in [6.45, 7) is 5.43. The van der Waals surface area contributed by atoms with Crippen molar-refractivity contribution >= 4 is 28.3 Å². The molecular weight excluding hydrogens is 358 g/mol. The third kappa shape index (κ3) is 3.93. The van der Waals surface area contributed by atoms with Gasteiger partial charge >= 0.3 is 5.97 Å². The second kappa shape index (κ2) is 8.04. The molecule has 1 heterocycles. The summed E-state index contributed by atoms with van der Waals surface area (Å²) < 4.78 is 6.35. The number of nitrogens with one attached hydrogen (secondary N) is 1. The quantitative estimate of drug-likeness (QED) is 0.689. The van der Waals surface area contributed by atoms with Gasteiger partial charge in [0.1, 0.15) is 0 Å². The molecule has 0 atom stereocenters. The molecular formula is C21H21N3O4. The monoisotopic (exact) mass is 379 g/mol. The van der Waals surface area contributed by atoms with Crippen LogP contribution in [-0.4, -0.2) is 28.3 Å². The van der Waals surface area contributed by atoms with Crippen LogP contribution in [0, 0.1) is 13.8 Å². The molecule has 0 spiro atoms.